The predicted octanol–water partition coefficient (Wildman–Crippen LogP) is 24.7. The summed E-state index contributed by atoms with van der Waals surface area (Å²) >= 11 is 0. The van der Waals surface area contributed by atoms with Gasteiger partial charge in [0.15, 0.2) is 0 Å². The third-order valence-corrected chi connectivity index (χ3v) is 21.8. The number of hydrogen-bond acceptors (Lipinski definition) is 20. The van der Waals surface area contributed by atoms with Crippen molar-refractivity contribution >= 4 is 115 Å². The number of nitrogens with zero attached hydrogens (tertiary/aromatic N) is 20. The molecule has 5 radical (unpaired) electrons. The van der Waals surface area contributed by atoms with E-state index in [0.29, 0.717) is 11.8 Å². The van der Waals surface area contributed by atoms with Crippen molar-refractivity contribution in [3.05, 3.63) is 396 Å². The minimum Gasteiger partial charge on any atom is -0.477 e. The van der Waals surface area contributed by atoms with Crippen LogP contribution in [0.15, 0.2) is 304 Å². The molecule has 0 unspecified atom stereocenters. The summed E-state index contributed by atoms with van der Waals surface area (Å²) in [6.07, 6.45) is 19.0. The first-order chi connectivity index (χ1) is 61.2. The maximum Gasteiger partial charge on any atom is 0.145 e. The molecule has 0 spiro atoms. The van der Waals surface area contributed by atoms with E-state index in [4.69, 9.17) is 44.9 Å². The van der Waals surface area contributed by atoms with Crippen LogP contribution in [-0.2, 0) is 125 Å². The summed E-state index contributed by atoms with van der Waals surface area (Å²) in [5.74, 6) is 10.2. The maximum absolute atomic E-state index is 5.02. The number of aryl methyl sites for hydroxylation is 2. The van der Waals surface area contributed by atoms with Gasteiger partial charge in [0.25, 0.3) is 0 Å². The first-order valence-corrected chi connectivity index (χ1v) is 42.8. The Labute approximate surface area is 833 Å². The molecule has 0 saturated heterocycles. The van der Waals surface area contributed by atoms with E-state index in [1.54, 1.807) is 0 Å². The van der Waals surface area contributed by atoms with Gasteiger partial charge in [0.1, 0.15) is 58.2 Å². The van der Waals surface area contributed by atoms with Gasteiger partial charge in [-0.1, -0.05) is 172 Å². The van der Waals surface area contributed by atoms with Crippen molar-refractivity contribution in [1.29, 1.82) is 0 Å². The van der Waals surface area contributed by atoms with Crippen molar-refractivity contribution in [2.75, 3.05) is 49.0 Å². The Kier molecular flexibility index (Phi) is 34.7. The molecule has 0 N–H and O–H groups in total. The van der Waals surface area contributed by atoms with Crippen LogP contribution in [0.3, 0.4) is 0 Å². The first kappa shape index (κ1) is 97.9. The molecule has 10 heterocycles. The summed E-state index contributed by atoms with van der Waals surface area (Å²) in [6.45, 7) is 27.3. The Morgan fingerprint density at radius 3 is 0.892 bits per heavy atom. The van der Waals surface area contributed by atoms with Crippen LogP contribution >= 0.6 is 0 Å². The second-order valence-corrected chi connectivity index (χ2v) is 32.6. The third-order valence-electron chi connectivity index (χ3n) is 21.8. The molecule has 0 atom stereocenters. The monoisotopic (exact) mass is 2600 g/mol. The summed E-state index contributed by atoms with van der Waals surface area (Å²) in [4.78, 5) is 68.7. The van der Waals surface area contributed by atoms with Crippen LogP contribution < -0.4 is 49.0 Å². The van der Waals surface area contributed by atoms with Gasteiger partial charge in [0.05, 0.1) is 59.5 Å². The molecule has 1 saturated carbocycles. The predicted molar refractivity (Wildman–Crippen MR) is 503 cm³/mol. The van der Waals surface area contributed by atoms with Crippen LogP contribution in [0.1, 0.15) is 122 Å². The fourth-order valence-electron chi connectivity index (χ4n) is 15.3. The smallest absolute Gasteiger partial charge is 0.145 e. The van der Waals surface area contributed by atoms with Gasteiger partial charge in [-0.3, -0.25) is 0 Å². The molecule has 5 aromatic heterocycles. The zero-order valence-electron chi connectivity index (χ0n) is 73.3. The van der Waals surface area contributed by atoms with E-state index >= 15 is 0 Å². The normalized spacial score (nSPS) is 13.6. The zero-order chi connectivity index (χ0) is 85.6. The van der Waals surface area contributed by atoms with Gasteiger partial charge in [-0.25, -0.2) is 49.8 Å². The van der Waals surface area contributed by atoms with Crippen LogP contribution in [-0.4, -0.2) is 49.8 Å². The maximum atomic E-state index is 5.02. The standard InChI is InChI=1S/C24H24N4.2C21H20N4.C20H18N4.C19H16N4.5Ir/c1-3-11-21(12-4-1)27-18-28(22-13-5-2-6-14-22)24-23(27)25-17-20(26-24)16-15-19-9-7-8-10-19;1-21(2,3)18-14-22-19-20(23-18)25(17-12-8-5-9-13-17)15-24(19)16-10-6-4-7-11-16;1-16(2)13-17-14-22-20-21(23-17)25(19-11-7-4-8-12-19)15-24(20)18-9-5-3-6-10-18;1-15(2)18-13-21-19-20(22-18)24(17-11-7-4-8-12-17)14-23(19)16-9-5-3-6-10-16;1-2-15-13-20-18-19(21-15)23(17-11-7-4-8-12-17)14-22(18)16-9-5-3-6-10-16;;;;;/h1-6,11-13,17-19H,7-10,15-16H2;4-12,14-15H,1-3H3;3-11,14-16H,13H2,1-2H3;3-11,13-15H,1-2H3;3-11,13-14H,2H2,1H3;;;;;/q5*-2;;;;;. The quantitative estimate of drug-likeness (QED) is 0.0791. The Hall–Kier alpha value is -11.2. The second kappa shape index (κ2) is 46.1. The zero-order valence-corrected chi connectivity index (χ0v) is 85.2. The van der Waals surface area contributed by atoms with Crippen LogP contribution in [0.5, 0.6) is 0 Å². The number of fused-ring (bicyclic) bond motifs is 5. The number of para-hydroxylation sites is 10. The Balaban J connectivity index is 0.000000146. The number of aromatic nitrogens is 10. The Morgan fingerprint density at radius 2 is 0.592 bits per heavy atom. The molecule has 5 aliphatic heterocycles. The minimum absolute atomic E-state index is 0. The van der Waals surface area contributed by atoms with E-state index in [1.807, 2.05) is 279 Å². The molecular weight excluding hydrogens is 2500 g/mol. The van der Waals surface area contributed by atoms with Crippen LogP contribution in [0, 0.1) is 75.5 Å². The van der Waals surface area contributed by atoms with Crippen LogP contribution in [0.4, 0.5) is 115 Å². The fraction of sp³-hybridized carbons (Fsp3) is 0.190. The van der Waals surface area contributed by atoms with E-state index in [9.17, 15) is 0 Å². The molecule has 1 fully saturated rings. The van der Waals surface area contributed by atoms with Crippen LogP contribution in [0.2, 0.25) is 0 Å². The van der Waals surface area contributed by atoms with Crippen LogP contribution in [0.25, 0.3) is 0 Å². The summed E-state index contributed by atoms with van der Waals surface area (Å²) < 4.78 is 0. The van der Waals surface area contributed by atoms with Crippen molar-refractivity contribution in [2.45, 2.75) is 118 Å². The van der Waals surface area contributed by atoms with Crippen molar-refractivity contribution < 1.29 is 101 Å². The summed E-state index contributed by atoms with van der Waals surface area (Å²) in [6, 6.07) is 107. The molecular formula is C105H98Ir5N20-10. The van der Waals surface area contributed by atoms with E-state index < -0.39 is 0 Å². The molecule has 0 amide bonds. The molecule has 1 aliphatic carbocycles. The van der Waals surface area contributed by atoms with Gasteiger partial charge in [-0.15, -0.1) is 61.8 Å². The number of anilines is 20. The molecule has 15 aromatic rings. The average molecular weight is 2600 g/mol. The van der Waals surface area contributed by atoms with Gasteiger partial charge < -0.3 is 49.0 Å². The van der Waals surface area contributed by atoms with Gasteiger partial charge in [0.2, 0.25) is 0 Å². The molecule has 21 rings (SSSR count). The van der Waals surface area contributed by atoms with Gasteiger partial charge in [-0.05, 0) is 104 Å². The molecule has 130 heavy (non-hydrogen) atoms. The Morgan fingerprint density at radius 1 is 0.315 bits per heavy atom. The van der Waals surface area contributed by atoms with Crippen molar-refractivity contribution in [3.8, 4) is 0 Å². The number of rotatable bonds is 17. The van der Waals surface area contributed by atoms with Crippen molar-refractivity contribution in [3.63, 3.8) is 0 Å². The van der Waals surface area contributed by atoms with E-state index in [-0.39, 0.29) is 106 Å². The van der Waals surface area contributed by atoms with E-state index in [1.165, 1.54) is 32.1 Å². The second-order valence-electron chi connectivity index (χ2n) is 32.6. The molecule has 6 aliphatic rings. The summed E-state index contributed by atoms with van der Waals surface area (Å²) in [5, 5.41) is 0. The largest absolute Gasteiger partial charge is 0.477 e. The molecule has 673 valence electrons. The van der Waals surface area contributed by atoms with Crippen molar-refractivity contribution in [1.82, 2.24) is 49.8 Å². The molecule has 25 heteroatoms. The van der Waals surface area contributed by atoms with E-state index in [0.717, 1.165) is 169 Å². The summed E-state index contributed by atoms with van der Waals surface area (Å²) in [7, 11) is 0. The minimum atomic E-state index is -0.0612. The van der Waals surface area contributed by atoms with Crippen molar-refractivity contribution in [2.24, 2.45) is 11.8 Å². The first-order valence-electron chi connectivity index (χ1n) is 42.8. The number of hydrogen-bond donors (Lipinski definition) is 0. The molecule has 10 aromatic carbocycles. The average Bonchev–Trinajstić information content (AvgIpc) is 1.62. The third kappa shape index (κ3) is 22.9. The SMILES string of the molecule is CC(C)(C)c1cnc2c(n1)N(c1[c-]cccc1)[CH-]N2c1ccccc1.CC(C)Cc1cnc2c(n1)N(c1[c-]cccc1)[CH-]N2c1ccccc1.CC(C)c1cnc2c(n1)N(c1[c-]cccc1)[CH-]N2c1ccccc1.CCc1cnc2c(n1)N(c1[c-]cccc1)[CH-]N2c1ccccc1.[Ir].[Ir].[Ir].[Ir].[Ir].[c-]1ccccc1N1[CH-]N(c2ccccc2)c2ncc(CCC3CCCC3)nc21. The topological polar surface area (TPSA) is 161 Å². The Bertz CT molecular complexity index is 6010. The fourth-order valence-corrected chi connectivity index (χ4v) is 15.3. The molecule has 0 bridgehead atoms. The van der Waals surface area contributed by atoms with Gasteiger partial charge in [0, 0.05) is 134 Å². The summed E-state index contributed by atoms with van der Waals surface area (Å²) in [5.41, 5.74) is 15.1. The number of benzene rings is 10. The van der Waals surface area contributed by atoms with Gasteiger partial charge >= 0.3 is 0 Å². The molecule has 20 nitrogen and oxygen atoms in total. The van der Waals surface area contributed by atoms with E-state index in [2.05, 4.69) is 198 Å². The van der Waals surface area contributed by atoms with Gasteiger partial charge in [-0.2, -0.15) is 152 Å².